The third-order valence-electron chi connectivity index (χ3n) is 3.91. The summed E-state index contributed by atoms with van der Waals surface area (Å²) in [6.45, 7) is 1.87. The monoisotopic (exact) mass is 405 g/mol. The van der Waals surface area contributed by atoms with E-state index in [2.05, 4.69) is 4.99 Å². The molecule has 3 rings (SSSR count). The number of nitro benzene ring substituents is 1. The molecule has 1 heterocycles. The van der Waals surface area contributed by atoms with Gasteiger partial charge in [-0.05, 0) is 42.8 Å². The lowest BCUT2D eigenvalue weighted by atomic mass is 10.1. The predicted molar refractivity (Wildman–Crippen MR) is 101 cm³/mol. The number of amides is 1. The molecule has 0 aliphatic rings. The van der Waals surface area contributed by atoms with Crippen LogP contribution in [0, 0.1) is 22.9 Å². The molecule has 0 bridgehead atoms. The summed E-state index contributed by atoms with van der Waals surface area (Å²) in [4.78, 5) is 28.2. The largest absolute Gasteiger partial charge is 0.319 e. The van der Waals surface area contributed by atoms with E-state index in [4.69, 9.17) is 11.6 Å². The normalized spacial score (nSPS) is 11.6. The molecule has 6 nitrogen and oxygen atoms in total. The van der Waals surface area contributed by atoms with E-state index in [-0.39, 0.29) is 22.1 Å². The van der Waals surface area contributed by atoms with Gasteiger partial charge in [0.25, 0.3) is 11.6 Å². The molecule has 1 aromatic heterocycles. The van der Waals surface area contributed by atoms with Crippen molar-refractivity contribution in [1.29, 1.82) is 0 Å². The van der Waals surface area contributed by atoms with Crippen molar-refractivity contribution in [3.05, 3.63) is 78.7 Å². The minimum absolute atomic E-state index is 0.0414. The van der Waals surface area contributed by atoms with Crippen LogP contribution < -0.4 is 4.80 Å². The molecule has 3 aromatic rings. The summed E-state index contributed by atoms with van der Waals surface area (Å²) < 4.78 is 14.9. The van der Waals surface area contributed by atoms with Crippen molar-refractivity contribution in [3.63, 3.8) is 0 Å². The van der Waals surface area contributed by atoms with Crippen LogP contribution in [0.2, 0.25) is 5.02 Å². The number of rotatable bonds is 3. The van der Waals surface area contributed by atoms with E-state index >= 15 is 0 Å². The molecular weight excluding hydrogens is 393 g/mol. The molecule has 27 heavy (non-hydrogen) atoms. The van der Waals surface area contributed by atoms with Crippen molar-refractivity contribution in [1.82, 2.24) is 4.57 Å². The molecule has 0 radical (unpaired) electrons. The predicted octanol–water partition coefficient (Wildman–Crippen LogP) is 4.50. The second-order valence-electron chi connectivity index (χ2n) is 5.69. The van der Waals surface area contributed by atoms with Crippen molar-refractivity contribution in [2.75, 3.05) is 0 Å². The van der Waals surface area contributed by atoms with Crippen LogP contribution in [-0.2, 0) is 7.05 Å². The fourth-order valence-electron chi connectivity index (χ4n) is 2.63. The number of nitro groups is 1. The lowest BCUT2D eigenvalue weighted by molar-refractivity contribution is -0.384. The number of halogens is 2. The van der Waals surface area contributed by atoms with Crippen LogP contribution in [0.15, 0.2) is 47.5 Å². The number of aromatic nitrogens is 1. The maximum absolute atomic E-state index is 13.2. The first-order valence-electron chi connectivity index (χ1n) is 7.73. The van der Waals surface area contributed by atoms with Crippen LogP contribution in [0.5, 0.6) is 0 Å². The lowest BCUT2D eigenvalue weighted by Gasteiger charge is -2.04. The Labute approximate surface area is 162 Å². The first kappa shape index (κ1) is 18.9. The Morgan fingerprint density at radius 2 is 1.93 bits per heavy atom. The molecule has 0 unspecified atom stereocenters. The van der Waals surface area contributed by atoms with Crippen molar-refractivity contribution in [3.8, 4) is 11.3 Å². The number of hydrogen-bond donors (Lipinski definition) is 0. The molecule has 0 spiro atoms. The quantitative estimate of drug-likeness (QED) is 0.475. The third-order valence-corrected chi connectivity index (χ3v) is 5.28. The molecular formula is C18H13ClFN3O3S. The molecule has 0 N–H and O–H groups in total. The Hall–Kier alpha value is -2.84. The summed E-state index contributed by atoms with van der Waals surface area (Å²) in [6.07, 6.45) is 0. The fraction of sp³-hybridized carbons (Fsp3) is 0.111. The van der Waals surface area contributed by atoms with E-state index in [1.54, 1.807) is 23.7 Å². The molecule has 0 saturated carbocycles. The molecule has 0 aliphatic carbocycles. The second-order valence-corrected chi connectivity index (χ2v) is 7.28. The highest BCUT2D eigenvalue weighted by molar-refractivity contribution is 7.09. The number of carbonyl (C=O) groups excluding carboxylic acids is 1. The molecule has 0 atom stereocenters. The van der Waals surface area contributed by atoms with Gasteiger partial charge < -0.3 is 4.57 Å². The molecule has 0 aliphatic heterocycles. The summed E-state index contributed by atoms with van der Waals surface area (Å²) in [5, 5.41) is 11.0. The van der Waals surface area contributed by atoms with E-state index in [9.17, 15) is 19.3 Å². The van der Waals surface area contributed by atoms with E-state index in [0.29, 0.717) is 4.80 Å². The maximum Gasteiger partial charge on any atom is 0.281 e. The number of carbonyl (C=O) groups is 1. The Morgan fingerprint density at radius 1 is 1.26 bits per heavy atom. The van der Waals surface area contributed by atoms with E-state index in [1.807, 2.05) is 6.92 Å². The first-order valence-corrected chi connectivity index (χ1v) is 8.92. The summed E-state index contributed by atoms with van der Waals surface area (Å²) >= 11 is 7.29. The van der Waals surface area contributed by atoms with Gasteiger partial charge in [-0.15, -0.1) is 11.3 Å². The van der Waals surface area contributed by atoms with Crippen molar-refractivity contribution >= 4 is 34.5 Å². The number of nitrogens with zero attached hydrogens (tertiary/aromatic N) is 3. The highest BCUT2D eigenvalue weighted by Gasteiger charge is 2.17. The Kier molecular flexibility index (Phi) is 5.20. The molecule has 9 heteroatoms. The van der Waals surface area contributed by atoms with Crippen molar-refractivity contribution in [2.45, 2.75) is 6.92 Å². The SMILES string of the molecule is Cc1sc(=NC(=O)c2cc([N+](=O)[O-])ccc2Cl)n(C)c1-c1ccc(F)cc1. The summed E-state index contributed by atoms with van der Waals surface area (Å²) in [5.41, 5.74) is 1.31. The van der Waals surface area contributed by atoms with Gasteiger partial charge in [-0.25, -0.2) is 4.39 Å². The zero-order valence-corrected chi connectivity index (χ0v) is 15.8. The average Bonchev–Trinajstić information content (AvgIpc) is 2.89. The van der Waals surface area contributed by atoms with Gasteiger partial charge >= 0.3 is 0 Å². The van der Waals surface area contributed by atoms with Crippen molar-refractivity contribution in [2.24, 2.45) is 12.0 Å². The molecule has 1 amide bonds. The highest BCUT2D eigenvalue weighted by Crippen LogP contribution is 2.25. The van der Waals surface area contributed by atoms with Crippen LogP contribution in [0.4, 0.5) is 10.1 Å². The number of hydrogen-bond acceptors (Lipinski definition) is 4. The van der Waals surface area contributed by atoms with Crippen LogP contribution in [-0.4, -0.2) is 15.4 Å². The summed E-state index contributed by atoms with van der Waals surface area (Å²) in [6, 6.07) is 9.64. The molecule has 0 fully saturated rings. The molecule has 2 aromatic carbocycles. The maximum atomic E-state index is 13.2. The van der Waals surface area contributed by atoms with Gasteiger partial charge in [0, 0.05) is 24.1 Å². The number of aryl methyl sites for hydroxylation is 1. The standard InChI is InChI=1S/C18H13ClFN3O3S/c1-10-16(11-3-5-12(20)6-4-11)22(2)18(27-10)21-17(24)14-9-13(23(25)26)7-8-15(14)19/h3-9H,1-2H3. The Morgan fingerprint density at radius 3 is 2.56 bits per heavy atom. The highest BCUT2D eigenvalue weighted by atomic mass is 35.5. The number of thiazole rings is 1. The van der Waals surface area contributed by atoms with Gasteiger partial charge in [-0.3, -0.25) is 14.9 Å². The zero-order chi connectivity index (χ0) is 19.7. The smallest absolute Gasteiger partial charge is 0.281 e. The summed E-state index contributed by atoms with van der Waals surface area (Å²) in [7, 11) is 1.74. The average molecular weight is 406 g/mol. The van der Waals surface area contributed by atoms with Crippen LogP contribution >= 0.6 is 22.9 Å². The Balaban J connectivity index is 2.07. The van der Waals surface area contributed by atoms with Crippen molar-refractivity contribution < 1.29 is 14.1 Å². The first-order chi connectivity index (χ1) is 12.8. The second kappa shape index (κ2) is 7.42. The van der Waals surface area contributed by atoms with E-state index < -0.39 is 10.8 Å². The van der Waals surface area contributed by atoms with Gasteiger partial charge in [0.1, 0.15) is 5.82 Å². The molecule has 0 saturated heterocycles. The van der Waals surface area contributed by atoms with Gasteiger partial charge in [0.15, 0.2) is 4.80 Å². The summed E-state index contributed by atoms with van der Waals surface area (Å²) in [5.74, 6) is -1.01. The number of benzene rings is 2. The lowest BCUT2D eigenvalue weighted by Crippen LogP contribution is -2.14. The number of non-ortho nitro benzene ring substituents is 1. The fourth-order valence-corrected chi connectivity index (χ4v) is 3.81. The van der Waals surface area contributed by atoms with Crippen LogP contribution in [0.25, 0.3) is 11.3 Å². The topological polar surface area (TPSA) is 77.5 Å². The molecule has 138 valence electrons. The third kappa shape index (κ3) is 3.81. The van der Waals surface area contributed by atoms with E-state index in [1.165, 1.54) is 35.6 Å². The minimum atomic E-state index is -0.675. The van der Waals surface area contributed by atoms with Crippen LogP contribution in [0.1, 0.15) is 15.2 Å². The van der Waals surface area contributed by atoms with Gasteiger partial charge in [-0.1, -0.05) is 11.6 Å². The zero-order valence-electron chi connectivity index (χ0n) is 14.3. The Bertz CT molecular complexity index is 1120. The van der Waals surface area contributed by atoms with Gasteiger partial charge in [0.05, 0.1) is 21.2 Å². The minimum Gasteiger partial charge on any atom is -0.319 e. The van der Waals surface area contributed by atoms with Gasteiger partial charge in [-0.2, -0.15) is 4.99 Å². The van der Waals surface area contributed by atoms with E-state index in [0.717, 1.165) is 22.2 Å². The van der Waals surface area contributed by atoms with Gasteiger partial charge in [0.2, 0.25) is 0 Å². The van der Waals surface area contributed by atoms with Crippen LogP contribution in [0.3, 0.4) is 0 Å².